The average molecular weight is 355 g/mol. The van der Waals surface area contributed by atoms with Crippen molar-refractivity contribution in [1.82, 2.24) is 9.88 Å². The van der Waals surface area contributed by atoms with Gasteiger partial charge >= 0.3 is 6.09 Å². The molecule has 0 saturated carbocycles. The molecule has 2 amide bonds. The number of benzene rings is 2. The highest BCUT2D eigenvalue weighted by atomic mass is 32.1. The van der Waals surface area contributed by atoms with Crippen molar-refractivity contribution in [3.05, 3.63) is 47.8 Å². The first-order valence-corrected chi connectivity index (χ1v) is 8.48. The number of rotatable bonds is 4. The van der Waals surface area contributed by atoms with Gasteiger partial charge in [0.1, 0.15) is 6.54 Å². The number of nitrogens with zero attached hydrogens (tertiary/aromatic N) is 2. The van der Waals surface area contributed by atoms with Gasteiger partial charge in [-0.15, -0.1) is 11.3 Å². The molecule has 0 aliphatic carbocycles. The number of nitrogens with one attached hydrogen (secondary N) is 1. The molecule has 1 aromatic heterocycles. The lowest BCUT2D eigenvalue weighted by molar-refractivity contribution is -0.116. The number of thiazole rings is 1. The van der Waals surface area contributed by atoms with Crippen LogP contribution in [0.3, 0.4) is 0 Å². The lowest BCUT2D eigenvalue weighted by atomic mass is 10.1. The molecule has 25 heavy (non-hydrogen) atoms. The van der Waals surface area contributed by atoms with Crippen LogP contribution in [0.4, 0.5) is 9.93 Å². The normalized spacial score (nSPS) is 10.5. The summed E-state index contributed by atoms with van der Waals surface area (Å²) in [7, 11) is 2.77. The Bertz CT molecular complexity index is 923. The number of likely N-dealkylation sites (N-methyl/N-ethyl adjacent to an activating group) is 1. The molecule has 0 atom stereocenters. The van der Waals surface area contributed by atoms with E-state index in [9.17, 15) is 9.59 Å². The number of ether oxygens (including phenoxy) is 1. The number of carbonyl (C=O) groups excluding carboxylic acids is 2. The SMILES string of the molecule is COC(=O)N(C)CC(=O)Nc1nc(-c2ccc3ccccc3c2)cs1. The first kappa shape index (κ1) is 16.9. The summed E-state index contributed by atoms with van der Waals surface area (Å²) in [4.78, 5) is 28.9. The van der Waals surface area contributed by atoms with Crippen molar-refractivity contribution >= 4 is 39.2 Å². The molecule has 0 aliphatic heterocycles. The predicted octanol–water partition coefficient (Wildman–Crippen LogP) is 3.60. The first-order chi connectivity index (χ1) is 12.1. The van der Waals surface area contributed by atoms with Crippen molar-refractivity contribution in [2.75, 3.05) is 26.0 Å². The Kier molecular flexibility index (Phi) is 4.95. The molecule has 128 valence electrons. The molecule has 1 heterocycles. The summed E-state index contributed by atoms with van der Waals surface area (Å²) in [6.07, 6.45) is -0.564. The average Bonchev–Trinajstić information content (AvgIpc) is 3.08. The number of hydrogen-bond acceptors (Lipinski definition) is 5. The maximum atomic E-state index is 12.0. The molecular weight excluding hydrogens is 338 g/mol. The molecular formula is C18H17N3O3S. The van der Waals surface area contributed by atoms with Crippen LogP contribution >= 0.6 is 11.3 Å². The van der Waals surface area contributed by atoms with Crippen LogP contribution in [0.1, 0.15) is 0 Å². The van der Waals surface area contributed by atoms with E-state index in [1.807, 2.05) is 29.6 Å². The molecule has 0 fully saturated rings. The van der Waals surface area contributed by atoms with Crippen molar-refractivity contribution in [2.24, 2.45) is 0 Å². The number of fused-ring (bicyclic) bond motifs is 1. The van der Waals surface area contributed by atoms with E-state index in [1.54, 1.807) is 0 Å². The van der Waals surface area contributed by atoms with E-state index < -0.39 is 6.09 Å². The van der Waals surface area contributed by atoms with Crippen molar-refractivity contribution in [3.8, 4) is 11.3 Å². The summed E-state index contributed by atoms with van der Waals surface area (Å²) in [5.74, 6) is -0.327. The van der Waals surface area contributed by atoms with E-state index >= 15 is 0 Å². The van der Waals surface area contributed by atoms with E-state index in [1.165, 1.54) is 35.8 Å². The van der Waals surface area contributed by atoms with Crippen LogP contribution in [0, 0.1) is 0 Å². The number of hydrogen-bond donors (Lipinski definition) is 1. The third-order valence-electron chi connectivity index (χ3n) is 3.66. The minimum atomic E-state index is -0.564. The van der Waals surface area contributed by atoms with Gasteiger partial charge in [0.05, 0.1) is 12.8 Å². The van der Waals surface area contributed by atoms with Gasteiger partial charge in [0, 0.05) is 18.0 Å². The van der Waals surface area contributed by atoms with E-state index in [0.717, 1.165) is 16.6 Å². The second-order valence-electron chi connectivity index (χ2n) is 5.47. The Morgan fingerprint density at radius 1 is 1.20 bits per heavy atom. The van der Waals surface area contributed by atoms with Crippen LogP contribution in [0.2, 0.25) is 0 Å². The maximum absolute atomic E-state index is 12.0. The fourth-order valence-electron chi connectivity index (χ4n) is 2.41. The van der Waals surface area contributed by atoms with E-state index in [2.05, 4.69) is 33.2 Å². The highest BCUT2D eigenvalue weighted by Gasteiger charge is 2.14. The largest absolute Gasteiger partial charge is 0.453 e. The van der Waals surface area contributed by atoms with Gasteiger partial charge in [0.25, 0.3) is 0 Å². The summed E-state index contributed by atoms with van der Waals surface area (Å²) in [5.41, 5.74) is 1.79. The second kappa shape index (κ2) is 7.31. The molecule has 3 aromatic rings. The van der Waals surface area contributed by atoms with Gasteiger partial charge in [-0.05, 0) is 16.8 Å². The van der Waals surface area contributed by atoms with Gasteiger partial charge < -0.3 is 15.0 Å². The monoisotopic (exact) mass is 355 g/mol. The second-order valence-corrected chi connectivity index (χ2v) is 6.33. The number of methoxy groups -OCH3 is 1. The Hall–Kier alpha value is -2.93. The Balaban J connectivity index is 1.71. The van der Waals surface area contributed by atoms with Crippen LogP contribution in [0.5, 0.6) is 0 Å². The Morgan fingerprint density at radius 3 is 2.72 bits per heavy atom. The van der Waals surface area contributed by atoms with Crippen LogP contribution in [0.25, 0.3) is 22.0 Å². The number of carbonyl (C=O) groups is 2. The molecule has 2 aromatic carbocycles. The highest BCUT2D eigenvalue weighted by molar-refractivity contribution is 7.14. The van der Waals surface area contributed by atoms with Gasteiger partial charge in [-0.2, -0.15) is 0 Å². The van der Waals surface area contributed by atoms with Crippen molar-refractivity contribution in [2.45, 2.75) is 0 Å². The third kappa shape index (κ3) is 3.95. The summed E-state index contributed by atoms with van der Waals surface area (Å²) in [6, 6.07) is 14.2. The van der Waals surface area contributed by atoms with E-state index in [0.29, 0.717) is 5.13 Å². The summed E-state index contributed by atoms with van der Waals surface area (Å²) in [6.45, 7) is -0.0996. The molecule has 3 rings (SSSR count). The molecule has 0 saturated heterocycles. The van der Waals surface area contributed by atoms with Crippen LogP contribution in [0.15, 0.2) is 47.8 Å². The molecule has 0 unspecified atom stereocenters. The number of amides is 2. The molecule has 6 nitrogen and oxygen atoms in total. The van der Waals surface area contributed by atoms with E-state index in [4.69, 9.17) is 0 Å². The van der Waals surface area contributed by atoms with Crippen molar-refractivity contribution < 1.29 is 14.3 Å². The minimum absolute atomic E-state index is 0.0996. The fourth-order valence-corrected chi connectivity index (χ4v) is 3.14. The predicted molar refractivity (Wildman–Crippen MR) is 98.7 cm³/mol. The lowest BCUT2D eigenvalue weighted by Crippen LogP contribution is -2.34. The summed E-state index contributed by atoms with van der Waals surface area (Å²) < 4.78 is 4.55. The van der Waals surface area contributed by atoms with E-state index in [-0.39, 0.29) is 12.5 Å². The zero-order chi connectivity index (χ0) is 17.8. The Labute approximate surface area is 149 Å². The fraction of sp³-hybridized carbons (Fsp3) is 0.167. The summed E-state index contributed by atoms with van der Waals surface area (Å²) in [5, 5.41) is 7.39. The standard InChI is InChI=1S/C18H17N3O3S/c1-21(18(23)24-2)10-16(22)20-17-19-15(11-25-17)14-8-7-12-5-3-4-6-13(12)9-14/h3-9,11H,10H2,1-2H3,(H,19,20,22). The van der Waals surface area contributed by atoms with Crippen molar-refractivity contribution in [1.29, 1.82) is 0 Å². The molecule has 1 N–H and O–H groups in total. The van der Waals surface area contributed by atoms with Gasteiger partial charge in [-0.3, -0.25) is 4.79 Å². The summed E-state index contributed by atoms with van der Waals surface area (Å²) >= 11 is 1.34. The topological polar surface area (TPSA) is 71.5 Å². The lowest BCUT2D eigenvalue weighted by Gasteiger charge is -2.13. The zero-order valence-electron chi connectivity index (χ0n) is 13.9. The maximum Gasteiger partial charge on any atom is 0.409 e. The van der Waals surface area contributed by atoms with Crippen LogP contribution in [-0.2, 0) is 9.53 Å². The Morgan fingerprint density at radius 2 is 1.96 bits per heavy atom. The van der Waals surface area contributed by atoms with Crippen LogP contribution < -0.4 is 5.32 Å². The smallest absolute Gasteiger partial charge is 0.409 e. The van der Waals surface area contributed by atoms with Gasteiger partial charge in [-0.1, -0.05) is 36.4 Å². The molecule has 0 bridgehead atoms. The highest BCUT2D eigenvalue weighted by Crippen LogP contribution is 2.27. The third-order valence-corrected chi connectivity index (χ3v) is 4.42. The van der Waals surface area contributed by atoms with Crippen LogP contribution in [-0.4, -0.2) is 42.6 Å². The number of anilines is 1. The minimum Gasteiger partial charge on any atom is -0.453 e. The number of aromatic nitrogens is 1. The molecule has 0 aliphatic rings. The quantitative estimate of drug-likeness (QED) is 0.776. The van der Waals surface area contributed by atoms with Crippen molar-refractivity contribution in [3.63, 3.8) is 0 Å². The molecule has 0 radical (unpaired) electrons. The van der Waals surface area contributed by atoms with Gasteiger partial charge in [0.2, 0.25) is 5.91 Å². The first-order valence-electron chi connectivity index (χ1n) is 7.60. The van der Waals surface area contributed by atoms with Gasteiger partial charge in [0.15, 0.2) is 5.13 Å². The van der Waals surface area contributed by atoms with Gasteiger partial charge in [-0.25, -0.2) is 9.78 Å². The molecule has 0 spiro atoms. The zero-order valence-corrected chi connectivity index (χ0v) is 14.7. The molecule has 7 heteroatoms.